The lowest BCUT2D eigenvalue weighted by molar-refractivity contribution is -0.140. The number of alkyl halides is 5. The fourth-order valence-corrected chi connectivity index (χ4v) is 1.56. The van der Waals surface area contributed by atoms with Crippen molar-refractivity contribution in [1.82, 2.24) is 4.98 Å². The summed E-state index contributed by atoms with van der Waals surface area (Å²) in [6.45, 7) is -0.224. The topological polar surface area (TPSA) is 38.9 Å². The van der Waals surface area contributed by atoms with Gasteiger partial charge in [0, 0.05) is 11.0 Å². The number of aromatic nitrogens is 1. The van der Waals surface area contributed by atoms with Crippen LogP contribution in [0.3, 0.4) is 0 Å². The fraction of sp³-hybridized carbons (Fsp3) is 0.375. The average molecular weight is 305 g/mol. The Morgan fingerprint density at radius 3 is 2.31 bits per heavy atom. The van der Waals surface area contributed by atoms with Gasteiger partial charge in [0.2, 0.25) is 0 Å². The van der Waals surface area contributed by atoms with Crippen molar-refractivity contribution in [3.8, 4) is 0 Å². The van der Waals surface area contributed by atoms with Crippen LogP contribution in [0.25, 0.3) is 0 Å². The first-order chi connectivity index (χ1) is 7.27. The zero-order valence-corrected chi connectivity index (χ0v) is 9.24. The number of nitrogens with zero attached hydrogens (tertiary/aromatic N) is 1. The molecule has 0 aliphatic heterocycles. The summed E-state index contributed by atoms with van der Waals surface area (Å²) in [5.41, 5.74) is 2.37. The molecule has 2 N–H and O–H groups in total. The molecular weight excluding hydrogens is 299 g/mol. The van der Waals surface area contributed by atoms with Crippen molar-refractivity contribution >= 4 is 15.9 Å². The number of hydrogen-bond donors (Lipinski definition) is 1. The summed E-state index contributed by atoms with van der Waals surface area (Å²) in [5, 5.41) is 0. The molecule has 0 atom stereocenters. The SMILES string of the molecule is NCc1nc(C(F)F)c(C(F)(F)F)cc1Br. The van der Waals surface area contributed by atoms with Gasteiger partial charge in [-0.1, -0.05) is 0 Å². The Kier molecular flexibility index (Phi) is 3.84. The summed E-state index contributed by atoms with van der Waals surface area (Å²) in [6.07, 6.45) is -8.16. The number of halogens is 6. The van der Waals surface area contributed by atoms with Crippen LogP contribution in [-0.2, 0) is 12.7 Å². The van der Waals surface area contributed by atoms with E-state index in [1.54, 1.807) is 0 Å². The molecule has 1 aromatic heterocycles. The number of rotatable bonds is 2. The molecule has 1 rings (SSSR count). The van der Waals surface area contributed by atoms with Crippen LogP contribution in [0.15, 0.2) is 10.5 Å². The largest absolute Gasteiger partial charge is 0.418 e. The molecule has 8 heteroatoms. The van der Waals surface area contributed by atoms with Crippen molar-refractivity contribution in [2.45, 2.75) is 19.1 Å². The lowest BCUT2D eigenvalue weighted by atomic mass is 10.1. The first-order valence-electron chi connectivity index (χ1n) is 4.02. The average Bonchev–Trinajstić information content (AvgIpc) is 2.15. The molecule has 0 aliphatic rings. The van der Waals surface area contributed by atoms with E-state index < -0.39 is 23.9 Å². The second-order valence-corrected chi connectivity index (χ2v) is 3.71. The highest BCUT2D eigenvalue weighted by molar-refractivity contribution is 9.10. The minimum Gasteiger partial charge on any atom is -0.325 e. The Hall–Kier alpha value is -0.760. The highest BCUT2D eigenvalue weighted by Gasteiger charge is 2.37. The van der Waals surface area contributed by atoms with Gasteiger partial charge in [-0.15, -0.1) is 0 Å². The van der Waals surface area contributed by atoms with Crippen LogP contribution in [0.4, 0.5) is 22.0 Å². The summed E-state index contributed by atoms with van der Waals surface area (Å²) in [7, 11) is 0. The number of nitrogens with two attached hydrogens (primary N) is 1. The molecule has 0 radical (unpaired) electrons. The molecule has 0 unspecified atom stereocenters. The quantitative estimate of drug-likeness (QED) is 0.852. The van der Waals surface area contributed by atoms with Gasteiger partial charge in [-0.25, -0.2) is 13.8 Å². The third-order valence-electron chi connectivity index (χ3n) is 1.78. The van der Waals surface area contributed by atoms with Gasteiger partial charge in [0.05, 0.1) is 11.3 Å². The van der Waals surface area contributed by atoms with E-state index in [-0.39, 0.29) is 16.7 Å². The molecule has 0 saturated heterocycles. The van der Waals surface area contributed by atoms with Crippen molar-refractivity contribution in [3.63, 3.8) is 0 Å². The van der Waals surface area contributed by atoms with Crippen LogP contribution in [0.5, 0.6) is 0 Å². The molecule has 0 fully saturated rings. The van der Waals surface area contributed by atoms with Gasteiger partial charge in [-0.2, -0.15) is 13.2 Å². The first kappa shape index (κ1) is 13.3. The molecule has 2 nitrogen and oxygen atoms in total. The van der Waals surface area contributed by atoms with Gasteiger partial charge in [-0.3, -0.25) is 0 Å². The minimum absolute atomic E-state index is 0.0354. The Labute approximate surface area is 95.8 Å². The Balaban J connectivity index is 3.42. The lowest BCUT2D eigenvalue weighted by Crippen LogP contribution is -2.14. The summed E-state index contributed by atoms with van der Waals surface area (Å²) in [6, 6.07) is 0.566. The molecule has 90 valence electrons. The maximum atomic E-state index is 12.4. The first-order valence-corrected chi connectivity index (χ1v) is 4.81. The van der Waals surface area contributed by atoms with E-state index in [9.17, 15) is 22.0 Å². The molecule has 1 aromatic rings. The van der Waals surface area contributed by atoms with Gasteiger partial charge >= 0.3 is 6.18 Å². The van der Waals surface area contributed by atoms with Gasteiger partial charge in [0.25, 0.3) is 6.43 Å². The van der Waals surface area contributed by atoms with E-state index in [2.05, 4.69) is 20.9 Å². The minimum atomic E-state index is -4.87. The van der Waals surface area contributed by atoms with Crippen LogP contribution in [0, 0.1) is 0 Å². The second-order valence-electron chi connectivity index (χ2n) is 2.85. The van der Waals surface area contributed by atoms with E-state index in [0.717, 1.165) is 0 Å². The van der Waals surface area contributed by atoms with Crippen molar-refractivity contribution in [1.29, 1.82) is 0 Å². The van der Waals surface area contributed by atoms with Crippen molar-refractivity contribution in [2.75, 3.05) is 0 Å². The highest BCUT2D eigenvalue weighted by Crippen LogP contribution is 2.37. The van der Waals surface area contributed by atoms with Gasteiger partial charge in [0.1, 0.15) is 5.69 Å². The van der Waals surface area contributed by atoms with E-state index in [1.807, 2.05) is 0 Å². The van der Waals surface area contributed by atoms with Crippen molar-refractivity contribution < 1.29 is 22.0 Å². The smallest absolute Gasteiger partial charge is 0.325 e. The van der Waals surface area contributed by atoms with Gasteiger partial charge < -0.3 is 5.73 Å². The highest BCUT2D eigenvalue weighted by atomic mass is 79.9. The second kappa shape index (κ2) is 4.62. The maximum Gasteiger partial charge on any atom is 0.418 e. The lowest BCUT2D eigenvalue weighted by Gasteiger charge is -2.13. The summed E-state index contributed by atoms with van der Waals surface area (Å²) in [4.78, 5) is 3.21. The monoisotopic (exact) mass is 304 g/mol. The standard InChI is InChI=1S/C8H6BrF5N2/c9-4-1-3(8(12,13)14)6(7(10)11)16-5(4)2-15/h1,7H,2,15H2. The molecule has 1 heterocycles. The van der Waals surface area contributed by atoms with E-state index >= 15 is 0 Å². The Morgan fingerprint density at radius 1 is 1.38 bits per heavy atom. The Morgan fingerprint density at radius 2 is 1.94 bits per heavy atom. The van der Waals surface area contributed by atoms with Gasteiger partial charge in [-0.05, 0) is 22.0 Å². The van der Waals surface area contributed by atoms with Crippen molar-refractivity contribution in [3.05, 3.63) is 27.5 Å². The zero-order valence-electron chi connectivity index (χ0n) is 7.65. The molecule has 0 bridgehead atoms. The molecule has 0 saturated carbocycles. The number of hydrogen-bond acceptors (Lipinski definition) is 2. The summed E-state index contributed by atoms with van der Waals surface area (Å²) < 4.78 is 61.9. The number of pyridine rings is 1. The molecule has 0 spiro atoms. The summed E-state index contributed by atoms with van der Waals surface area (Å²) >= 11 is 2.80. The molecule has 0 amide bonds. The van der Waals surface area contributed by atoms with Crippen LogP contribution in [-0.4, -0.2) is 4.98 Å². The van der Waals surface area contributed by atoms with Gasteiger partial charge in [0.15, 0.2) is 0 Å². The molecule has 0 aliphatic carbocycles. The third kappa shape index (κ3) is 2.67. The molecule has 16 heavy (non-hydrogen) atoms. The van der Waals surface area contributed by atoms with Crippen LogP contribution < -0.4 is 5.73 Å². The third-order valence-corrected chi connectivity index (χ3v) is 2.47. The van der Waals surface area contributed by atoms with E-state index in [4.69, 9.17) is 5.73 Å². The maximum absolute atomic E-state index is 12.4. The zero-order chi connectivity index (χ0) is 12.5. The fourth-order valence-electron chi connectivity index (χ4n) is 1.08. The normalized spacial score (nSPS) is 12.2. The van der Waals surface area contributed by atoms with Crippen molar-refractivity contribution in [2.24, 2.45) is 5.73 Å². The van der Waals surface area contributed by atoms with Crippen LogP contribution >= 0.6 is 15.9 Å². The van der Waals surface area contributed by atoms with Crippen LogP contribution in [0.1, 0.15) is 23.4 Å². The van der Waals surface area contributed by atoms with E-state index in [1.165, 1.54) is 0 Å². The predicted molar refractivity (Wildman–Crippen MR) is 49.8 cm³/mol. The Bertz CT molecular complexity index is 391. The predicted octanol–water partition coefficient (Wildman–Crippen LogP) is 3.26. The molecular formula is C8H6BrF5N2. The van der Waals surface area contributed by atoms with E-state index in [0.29, 0.717) is 6.07 Å². The van der Waals surface area contributed by atoms with Crippen LogP contribution in [0.2, 0.25) is 0 Å². The summed E-state index contributed by atoms with van der Waals surface area (Å²) in [5.74, 6) is 0. The molecule has 0 aromatic carbocycles.